The second kappa shape index (κ2) is 8.49. The van der Waals surface area contributed by atoms with Gasteiger partial charge in [0.25, 0.3) is 0 Å². The molecule has 0 bridgehead atoms. The minimum absolute atomic E-state index is 0.0346. The molecule has 1 aromatic heterocycles. The minimum Gasteiger partial charge on any atom is -0.481 e. The van der Waals surface area contributed by atoms with Crippen molar-refractivity contribution >= 4 is 23.5 Å². The van der Waals surface area contributed by atoms with Crippen LogP contribution in [0.5, 0.6) is 0 Å². The third-order valence-corrected chi connectivity index (χ3v) is 3.60. The van der Waals surface area contributed by atoms with E-state index in [2.05, 4.69) is 20.5 Å². The minimum atomic E-state index is -0.872. The van der Waals surface area contributed by atoms with E-state index >= 15 is 0 Å². The van der Waals surface area contributed by atoms with E-state index in [0.29, 0.717) is 18.7 Å². The molecular weight excluding hydrogens is 312 g/mol. The van der Waals surface area contributed by atoms with Gasteiger partial charge in [-0.15, -0.1) is 0 Å². The first kappa shape index (κ1) is 18.0. The van der Waals surface area contributed by atoms with Gasteiger partial charge in [-0.1, -0.05) is 0 Å². The second-order valence-corrected chi connectivity index (χ2v) is 5.95. The van der Waals surface area contributed by atoms with E-state index in [1.165, 1.54) is 0 Å². The molecule has 0 radical (unpaired) electrons. The zero-order chi connectivity index (χ0) is 17.5. The zero-order valence-corrected chi connectivity index (χ0v) is 14.0. The van der Waals surface area contributed by atoms with Crippen molar-refractivity contribution in [1.29, 1.82) is 0 Å². The Morgan fingerprint density at radius 2 is 2.04 bits per heavy atom. The van der Waals surface area contributed by atoms with Crippen molar-refractivity contribution in [3.05, 3.63) is 18.3 Å². The first-order valence-corrected chi connectivity index (χ1v) is 8.07. The quantitative estimate of drug-likeness (QED) is 0.683. The zero-order valence-electron chi connectivity index (χ0n) is 14.0. The Balaban J connectivity index is 1.81. The van der Waals surface area contributed by atoms with Crippen LogP contribution in [-0.2, 0) is 9.53 Å². The summed E-state index contributed by atoms with van der Waals surface area (Å²) in [5.41, 5.74) is 0.587. The molecule has 2 amide bonds. The smallest absolute Gasteiger partial charge is 0.319 e. The van der Waals surface area contributed by atoms with Crippen LogP contribution in [0.25, 0.3) is 0 Å². The topological polar surface area (TPSA) is 104 Å². The molecule has 1 aliphatic rings. The fourth-order valence-electron chi connectivity index (χ4n) is 2.63. The highest BCUT2D eigenvalue weighted by molar-refractivity contribution is 5.89. The monoisotopic (exact) mass is 336 g/mol. The molecule has 1 aromatic rings. The summed E-state index contributed by atoms with van der Waals surface area (Å²) in [5.74, 6) is -0.0202. The van der Waals surface area contributed by atoms with E-state index in [4.69, 9.17) is 9.84 Å². The van der Waals surface area contributed by atoms with Gasteiger partial charge < -0.3 is 25.4 Å². The van der Waals surface area contributed by atoms with E-state index in [1.54, 1.807) is 12.3 Å². The lowest BCUT2D eigenvalue weighted by Crippen LogP contribution is -2.45. The van der Waals surface area contributed by atoms with Gasteiger partial charge in [-0.2, -0.15) is 0 Å². The summed E-state index contributed by atoms with van der Waals surface area (Å²) < 4.78 is 5.70. The maximum Gasteiger partial charge on any atom is 0.319 e. The molecule has 8 nitrogen and oxygen atoms in total. The van der Waals surface area contributed by atoms with Crippen LogP contribution in [0.2, 0.25) is 0 Å². The van der Waals surface area contributed by atoms with Gasteiger partial charge in [0.2, 0.25) is 0 Å². The maximum absolute atomic E-state index is 11.7. The number of urea groups is 1. The Morgan fingerprint density at radius 1 is 1.33 bits per heavy atom. The molecule has 2 rings (SSSR count). The van der Waals surface area contributed by atoms with Gasteiger partial charge in [0.1, 0.15) is 5.82 Å². The van der Waals surface area contributed by atoms with Crippen molar-refractivity contribution < 1.29 is 19.4 Å². The lowest BCUT2D eigenvalue weighted by atomic mass is 10.2. The van der Waals surface area contributed by atoms with Crippen LogP contribution in [0.4, 0.5) is 16.3 Å². The molecule has 2 atom stereocenters. The number of pyridine rings is 1. The molecular formula is C16H24N4O4. The SMILES string of the molecule is CC1CN(c2ccc(NC(=O)NCCCC(=O)O)cn2)CC(C)O1. The first-order chi connectivity index (χ1) is 11.4. The molecule has 0 saturated carbocycles. The second-order valence-electron chi connectivity index (χ2n) is 5.95. The Morgan fingerprint density at radius 3 is 2.62 bits per heavy atom. The van der Waals surface area contributed by atoms with E-state index in [1.807, 2.05) is 19.9 Å². The number of carbonyl (C=O) groups excluding carboxylic acids is 1. The van der Waals surface area contributed by atoms with Gasteiger partial charge in [0, 0.05) is 26.1 Å². The van der Waals surface area contributed by atoms with Crippen molar-refractivity contribution in [2.75, 3.05) is 29.9 Å². The number of nitrogens with zero attached hydrogens (tertiary/aromatic N) is 2. The van der Waals surface area contributed by atoms with Crippen LogP contribution in [0.1, 0.15) is 26.7 Å². The van der Waals surface area contributed by atoms with Crippen LogP contribution in [-0.4, -0.2) is 53.9 Å². The third kappa shape index (κ3) is 5.69. The van der Waals surface area contributed by atoms with Gasteiger partial charge in [0.15, 0.2) is 0 Å². The number of carbonyl (C=O) groups is 2. The summed E-state index contributed by atoms with van der Waals surface area (Å²) >= 11 is 0. The van der Waals surface area contributed by atoms with Crippen LogP contribution in [0.15, 0.2) is 18.3 Å². The normalized spacial score (nSPS) is 20.5. The number of carboxylic acid groups (broad SMARTS) is 1. The summed E-state index contributed by atoms with van der Waals surface area (Å²) in [6.07, 6.45) is 2.35. The van der Waals surface area contributed by atoms with Crippen LogP contribution in [0.3, 0.4) is 0 Å². The van der Waals surface area contributed by atoms with Crippen LogP contribution in [0, 0.1) is 0 Å². The third-order valence-electron chi connectivity index (χ3n) is 3.60. The molecule has 2 heterocycles. The molecule has 0 aromatic carbocycles. The molecule has 1 saturated heterocycles. The number of carboxylic acids is 1. The van der Waals surface area contributed by atoms with E-state index < -0.39 is 5.97 Å². The van der Waals surface area contributed by atoms with Gasteiger partial charge in [-0.3, -0.25) is 4.79 Å². The number of nitrogens with one attached hydrogen (secondary N) is 2. The number of anilines is 2. The Bertz CT molecular complexity index is 554. The predicted molar refractivity (Wildman–Crippen MR) is 90.4 cm³/mol. The fraction of sp³-hybridized carbons (Fsp3) is 0.562. The first-order valence-electron chi connectivity index (χ1n) is 8.07. The molecule has 132 valence electrons. The Labute approximate surface area is 141 Å². The number of hydrogen-bond donors (Lipinski definition) is 3. The number of morpholine rings is 1. The van der Waals surface area contributed by atoms with E-state index in [9.17, 15) is 9.59 Å². The molecule has 0 aliphatic carbocycles. The largest absolute Gasteiger partial charge is 0.481 e. The van der Waals surface area contributed by atoms with Crippen molar-refractivity contribution in [1.82, 2.24) is 10.3 Å². The number of rotatable bonds is 6. The fourth-order valence-corrected chi connectivity index (χ4v) is 2.63. The number of aliphatic carboxylic acids is 1. The maximum atomic E-state index is 11.7. The molecule has 3 N–H and O–H groups in total. The molecule has 24 heavy (non-hydrogen) atoms. The van der Waals surface area contributed by atoms with Gasteiger partial charge >= 0.3 is 12.0 Å². The standard InChI is InChI=1S/C16H24N4O4/c1-11-9-20(10-12(2)24-11)14-6-5-13(8-18-14)19-16(23)17-7-3-4-15(21)22/h5-6,8,11-12H,3-4,7,9-10H2,1-2H3,(H,21,22)(H2,17,19,23). The summed E-state index contributed by atoms with van der Waals surface area (Å²) in [6.45, 7) is 5.95. The summed E-state index contributed by atoms with van der Waals surface area (Å²) in [5, 5.41) is 13.8. The highest BCUT2D eigenvalue weighted by Gasteiger charge is 2.22. The summed E-state index contributed by atoms with van der Waals surface area (Å²) in [4.78, 5) is 28.7. The average Bonchev–Trinajstić information content (AvgIpc) is 2.51. The van der Waals surface area contributed by atoms with E-state index in [-0.39, 0.29) is 24.7 Å². The van der Waals surface area contributed by atoms with Crippen molar-refractivity contribution in [3.63, 3.8) is 0 Å². The Hall–Kier alpha value is -2.35. The van der Waals surface area contributed by atoms with Crippen molar-refractivity contribution in [2.24, 2.45) is 0 Å². The van der Waals surface area contributed by atoms with Crippen LogP contribution < -0.4 is 15.5 Å². The van der Waals surface area contributed by atoms with Crippen LogP contribution >= 0.6 is 0 Å². The lowest BCUT2D eigenvalue weighted by molar-refractivity contribution is -0.137. The molecule has 8 heteroatoms. The molecule has 1 aliphatic heterocycles. The molecule has 2 unspecified atom stereocenters. The predicted octanol–water partition coefficient (Wildman–Crippen LogP) is 1.68. The summed E-state index contributed by atoms with van der Waals surface area (Å²) in [6, 6.07) is 3.29. The van der Waals surface area contributed by atoms with Gasteiger partial charge in [-0.25, -0.2) is 9.78 Å². The number of amides is 2. The van der Waals surface area contributed by atoms with Gasteiger partial charge in [-0.05, 0) is 32.4 Å². The van der Waals surface area contributed by atoms with E-state index in [0.717, 1.165) is 18.9 Å². The highest BCUT2D eigenvalue weighted by atomic mass is 16.5. The number of ether oxygens (including phenoxy) is 1. The average molecular weight is 336 g/mol. The molecule has 1 fully saturated rings. The summed E-state index contributed by atoms with van der Waals surface area (Å²) in [7, 11) is 0. The number of aromatic nitrogens is 1. The Kier molecular flexibility index (Phi) is 6.36. The lowest BCUT2D eigenvalue weighted by Gasteiger charge is -2.36. The number of hydrogen-bond acceptors (Lipinski definition) is 5. The van der Waals surface area contributed by atoms with Crippen molar-refractivity contribution in [3.8, 4) is 0 Å². The molecule has 0 spiro atoms. The van der Waals surface area contributed by atoms with Crippen molar-refractivity contribution in [2.45, 2.75) is 38.9 Å². The highest BCUT2D eigenvalue weighted by Crippen LogP contribution is 2.19. The van der Waals surface area contributed by atoms with Gasteiger partial charge in [0.05, 0.1) is 24.1 Å².